The molecule has 0 fully saturated rings. The van der Waals surface area contributed by atoms with Crippen LogP contribution in [0.3, 0.4) is 0 Å². The average Bonchev–Trinajstić information content (AvgIpc) is 3.29. The second kappa shape index (κ2) is 5.91. The van der Waals surface area contributed by atoms with Crippen molar-refractivity contribution in [3.63, 3.8) is 0 Å². The van der Waals surface area contributed by atoms with E-state index in [0.29, 0.717) is 16.7 Å². The highest BCUT2D eigenvalue weighted by atomic mass is 16.1. The van der Waals surface area contributed by atoms with Crippen molar-refractivity contribution in [2.75, 3.05) is 0 Å². The Labute approximate surface area is 151 Å². The summed E-state index contributed by atoms with van der Waals surface area (Å²) < 4.78 is 1.93. The molecule has 6 heteroatoms. The first-order valence-electron chi connectivity index (χ1n) is 8.41. The lowest BCUT2D eigenvalue weighted by Crippen LogP contribution is -2.20. The lowest BCUT2D eigenvalue weighted by molar-refractivity contribution is 0.0860. The number of benzene rings is 1. The molecule has 1 aromatic carbocycles. The molecule has 3 aromatic heterocycles. The van der Waals surface area contributed by atoms with Crippen LogP contribution in [0.25, 0.3) is 28.1 Å². The van der Waals surface area contributed by atoms with Crippen LogP contribution < -0.4 is 0 Å². The molecule has 0 amide bonds. The van der Waals surface area contributed by atoms with Gasteiger partial charge in [0.2, 0.25) is 0 Å². The summed E-state index contributed by atoms with van der Waals surface area (Å²) in [4.78, 5) is 29.0. The van der Waals surface area contributed by atoms with Gasteiger partial charge < -0.3 is 9.55 Å². The Morgan fingerprint density at radius 3 is 2.81 bits per heavy atom. The SMILES string of the molecule is CC(C)(C)C(=O)c1c[nH]c2ncc(-c3cccc(-n4ccnc4)c3)nc12. The van der Waals surface area contributed by atoms with E-state index >= 15 is 0 Å². The van der Waals surface area contributed by atoms with E-state index in [1.807, 2.05) is 55.8 Å². The number of Topliss-reactive ketones (excluding diaryl/α,β-unsaturated/α-hetero) is 1. The van der Waals surface area contributed by atoms with Gasteiger partial charge in [-0.25, -0.2) is 15.0 Å². The van der Waals surface area contributed by atoms with Crippen LogP contribution in [0.15, 0.2) is 55.4 Å². The van der Waals surface area contributed by atoms with Gasteiger partial charge >= 0.3 is 0 Å². The third-order valence-corrected chi connectivity index (χ3v) is 4.25. The fourth-order valence-electron chi connectivity index (χ4n) is 2.85. The molecule has 130 valence electrons. The molecule has 0 unspecified atom stereocenters. The van der Waals surface area contributed by atoms with E-state index in [4.69, 9.17) is 4.98 Å². The maximum Gasteiger partial charge on any atom is 0.171 e. The molecule has 26 heavy (non-hydrogen) atoms. The highest BCUT2D eigenvalue weighted by Crippen LogP contribution is 2.27. The van der Waals surface area contributed by atoms with Crippen LogP contribution in [-0.4, -0.2) is 30.3 Å². The summed E-state index contributed by atoms with van der Waals surface area (Å²) in [5.74, 6) is 0.0439. The Morgan fingerprint density at radius 2 is 2.08 bits per heavy atom. The number of rotatable bonds is 3. The van der Waals surface area contributed by atoms with Crippen LogP contribution in [0.5, 0.6) is 0 Å². The number of carbonyl (C=O) groups is 1. The summed E-state index contributed by atoms with van der Waals surface area (Å²) in [5, 5.41) is 0. The van der Waals surface area contributed by atoms with E-state index < -0.39 is 5.41 Å². The zero-order valence-corrected chi connectivity index (χ0v) is 14.9. The maximum absolute atomic E-state index is 12.7. The first-order chi connectivity index (χ1) is 12.4. The molecular formula is C20H19N5O. The van der Waals surface area contributed by atoms with Crippen molar-refractivity contribution in [3.8, 4) is 16.9 Å². The van der Waals surface area contributed by atoms with Crippen molar-refractivity contribution in [2.45, 2.75) is 20.8 Å². The second-order valence-corrected chi connectivity index (χ2v) is 7.25. The van der Waals surface area contributed by atoms with E-state index in [0.717, 1.165) is 16.9 Å². The third-order valence-electron chi connectivity index (χ3n) is 4.25. The molecule has 1 N–H and O–H groups in total. The molecule has 6 nitrogen and oxygen atoms in total. The van der Waals surface area contributed by atoms with Gasteiger partial charge in [-0.05, 0) is 12.1 Å². The van der Waals surface area contributed by atoms with Gasteiger partial charge in [-0.3, -0.25) is 4.79 Å². The minimum Gasteiger partial charge on any atom is -0.344 e. The fraction of sp³-hybridized carbons (Fsp3) is 0.200. The fourth-order valence-corrected chi connectivity index (χ4v) is 2.85. The molecule has 3 heterocycles. The number of aromatic nitrogens is 5. The molecule has 0 spiro atoms. The molecule has 0 aliphatic heterocycles. The molecule has 0 saturated heterocycles. The Hall–Kier alpha value is -3.28. The van der Waals surface area contributed by atoms with Crippen molar-refractivity contribution in [3.05, 3.63) is 60.9 Å². The largest absolute Gasteiger partial charge is 0.344 e. The van der Waals surface area contributed by atoms with E-state index in [2.05, 4.69) is 15.0 Å². The van der Waals surface area contributed by atoms with Gasteiger partial charge in [-0.15, -0.1) is 0 Å². The molecule has 4 aromatic rings. The molecule has 0 bridgehead atoms. The normalized spacial score (nSPS) is 11.8. The van der Waals surface area contributed by atoms with Crippen LogP contribution in [0, 0.1) is 5.41 Å². The summed E-state index contributed by atoms with van der Waals surface area (Å²) in [7, 11) is 0. The average molecular weight is 345 g/mol. The molecule has 4 rings (SSSR count). The van der Waals surface area contributed by atoms with Crippen LogP contribution in [0.2, 0.25) is 0 Å². The van der Waals surface area contributed by atoms with Gasteiger partial charge in [0.15, 0.2) is 11.4 Å². The zero-order valence-electron chi connectivity index (χ0n) is 14.9. The van der Waals surface area contributed by atoms with Crippen molar-refractivity contribution in [1.29, 1.82) is 0 Å². The molecule has 0 radical (unpaired) electrons. The number of ketones is 1. The van der Waals surface area contributed by atoms with E-state index in [1.165, 1.54) is 0 Å². The number of carbonyl (C=O) groups excluding carboxylic acids is 1. The minimum atomic E-state index is -0.478. The van der Waals surface area contributed by atoms with Gasteiger partial charge in [-0.1, -0.05) is 32.9 Å². The number of fused-ring (bicyclic) bond motifs is 1. The lowest BCUT2D eigenvalue weighted by Gasteiger charge is -2.15. The Morgan fingerprint density at radius 1 is 1.23 bits per heavy atom. The van der Waals surface area contributed by atoms with Crippen molar-refractivity contribution < 1.29 is 4.79 Å². The van der Waals surface area contributed by atoms with E-state index in [1.54, 1.807) is 24.9 Å². The predicted molar refractivity (Wildman–Crippen MR) is 100 cm³/mol. The third kappa shape index (κ3) is 2.79. The smallest absolute Gasteiger partial charge is 0.171 e. The first kappa shape index (κ1) is 16.2. The number of imidazole rings is 1. The Bertz CT molecular complexity index is 1090. The summed E-state index contributed by atoms with van der Waals surface area (Å²) >= 11 is 0. The van der Waals surface area contributed by atoms with Crippen molar-refractivity contribution in [1.82, 2.24) is 24.5 Å². The molecule has 0 aliphatic carbocycles. The van der Waals surface area contributed by atoms with E-state index in [9.17, 15) is 4.79 Å². The molecule has 0 aliphatic rings. The number of nitrogens with one attached hydrogen (secondary N) is 1. The highest BCUT2D eigenvalue weighted by molar-refractivity contribution is 6.08. The number of hydrogen-bond donors (Lipinski definition) is 1. The second-order valence-electron chi connectivity index (χ2n) is 7.25. The number of nitrogens with zero attached hydrogens (tertiary/aromatic N) is 4. The van der Waals surface area contributed by atoms with Crippen molar-refractivity contribution >= 4 is 16.9 Å². The quantitative estimate of drug-likeness (QED) is 0.569. The summed E-state index contributed by atoms with van der Waals surface area (Å²) in [6.07, 6.45) is 8.80. The van der Waals surface area contributed by atoms with Gasteiger partial charge in [0.05, 0.1) is 23.8 Å². The first-order valence-corrected chi connectivity index (χ1v) is 8.41. The van der Waals surface area contributed by atoms with Gasteiger partial charge in [0.25, 0.3) is 0 Å². The van der Waals surface area contributed by atoms with Crippen LogP contribution in [0.1, 0.15) is 31.1 Å². The standard InChI is InChI=1S/C20H19N5O/c1-20(2,3)18(26)15-10-22-19-17(15)24-16(11-23-19)13-5-4-6-14(9-13)25-8-7-21-12-25/h4-12H,1-3H3,(H,22,23). The zero-order chi connectivity index (χ0) is 18.3. The van der Waals surface area contributed by atoms with E-state index in [-0.39, 0.29) is 5.78 Å². The van der Waals surface area contributed by atoms with Gasteiger partial charge in [-0.2, -0.15) is 0 Å². The summed E-state index contributed by atoms with van der Waals surface area (Å²) in [5.41, 5.74) is 3.97. The molecule has 0 saturated carbocycles. The number of H-pyrrole nitrogens is 1. The minimum absolute atomic E-state index is 0.0439. The summed E-state index contributed by atoms with van der Waals surface area (Å²) in [6.45, 7) is 5.71. The monoisotopic (exact) mass is 345 g/mol. The maximum atomic E-state index is 12.7. The molecule has 0 atom stereocenters. The lowest BCUT2D eigenvalue weighted by atomic mass is 9.87. The summed E-state index contributed by atoms with van der Waals surface area (Å²) in [6, 6.07) is 7.97. The van der Waals surface area contributed by atoms with Gasteiger partial charge in [0, 0.05) is 35.3 Å². The Balaban J connectivity index is 1.81. The van der Waals surface area contributed by atoms with Crippen LogP contribution in [0.4, 0.5) is 0 Å². The van der Waals surface area contributed by atoms with Crippen molar-refractivity contribution in [2.24, 2.45) is 5.41 Å². The molecular weight excluding hydrogens is 326 g/mol. The Kier molecular flexibility index (Phi) is 3.68. The number of aromatic amines is 1. The van der Waals surface area contributed by atoms with Gasteiger partial charge in [0.1, 0.15) is 5.52 Å². The van der Waals surface area contributed by atoms with Crippen LogP contribution >= 0.6 is 0 Å². The van der Waals surface area contributed by atoms with Crippen LogP contribution in [-0.2, 0) is 0 Å². The topological polar surface area (TPSA) is 76.5 Å². The predicted octanol–water partition coefficient (Wildman–Crippen LogP) is 4.04. The highest BCUT2D eigenvalue weighted by Gasteiger charge is 2.26. The number of hydrogen-bond acceptors (Lipinski definition) is 4.